The van der Waals surface area contributed by atoms with Crippen molar-refractivity contribution in [3.05, 3.63) is 21.9 Å². The Morgan fingerprint density at radius 1 is 1.62 bits per heavy atom. The number of unbranched alkanes of at least 4 members (excludes halogenated alkanes) is 1. The molecular formula is C11H14OS. The molecule has 13 heavy (non-hydrogen) atoms. The lowest BCUT2D eigenvalue weighted by Crippen LogP contribution is -1.93. The smallest absolute Gasteiger partial charge is 0.173 e. The van der Waals surface area contributed by atoms with Crippen LogP contribution in [0.2, 0.25) is 0 Å². The Labute approximate surface area is 82.8 Å². The molecular weight excluding hydrogens is 180 g/mol. The van der Waals surface area contributed by atoms with Gasteiger partial charge in [0.15, 0.2) is 5.78 Å². The van der Waals surface area contributed by atoms with Gasteiger partial charge in [-0.1, -0.05) is 19.8 Å². The predicted octanol–water partition coefficient (Wildman–Crippen LogP) is 3.61. The zero-order valence-corrected chi connectivity index (χ0v) is 8.69. The molecule has 1 aliphatic rings. The van der Waals surface area contributed by atoms with Crippen LogP contribution in [0.1, 0.15) is 53.8 Å². The molecule has 1 aliphatic carbocycles. The summed E-state index contributed by atoms with van der Waals surface area (Å²) >= 11 is 1.61. The van der Waals surface area contributed by atoms with E-state index < -0.39 is 0 Å². The fraction of sp³-hybridized carbons (Fsp3) is 0.545. The number of Topliss-reactive ketones (excluding diaryl/α,β-unsaturated/α-hetero) is 1. The van der Waals surface area contributed by atoms with E-state index >= 15 is 0 Å². The van der Waals surface area contributed by atoms with Gasteiger partial charge in [0.1, 0.15) is 0 Å². The van der Waals surface area contributed by atoms with E-state index in [1.54, 1.807) is 11.3 Å². The molecule has 1 unspecified atom stereocenters. The molecule has 0 saturated carbocycles. The van der Waals surface area contributed by atoms with Crippen LogP contribution in [0.5, 0.6) is 0 Å². The highest BCUT2D eigenvalue weighted by atomic mass is 32.1. The van der Waals surface area contributed by atoms with Crippen molar-refractivity contribution < 1.29 is 4.79 Å². The lowest BCUT2D eigenvalue weighted by molar-refractivity contribution is 0.0991. The Bertz CT molecular complexity index is 314. The van der Waals surface area contributed by atoms with Crippen molar-refractivity contribution in [2.24, 2.45) is 0 Å². The number of ketones is 1. The summed E-state index contributed by atoms with van der Waals surface area (Å²) in [5.41, 5.74) is 1.32. The highest BCUT2D eigenvalue weighted by Gasteiger charge is 2.29. The molecule has 2 heteroatoms. The Morgan fingerprint density at radius 2 is 2.46 bits per heavy atom. The molecule has 0 aromatic carbocycles. The maximum Gasteiger partial charge on any atom is 0.173 e. The summed E-state index contributed by atoms with van der Waals surface area (Å²) in [5, 5.41) is 2.04. The Morgan fingerprint density at radius 3 is 3.23 bits per heavy atom. The van der Waals surface area contributed by atoms with Gasteiger partial charge in [-0.05, 0) is 29.3 Å². The average Bonchev–Trinajstić information content (AvgIpc) is 2.67. The maximum absolute atomic E-state index is 11.5. The number of carbonyl (C=O) groups excluding carboxylic acids is 1. The molecule has 1 aromatic rings. The first kappa shape index (κ1) is 8.95. The van der Waals surface area contributed by atoms with Crippen molar-refractivity contribution in [3.63, 3.8) is 0 Å². The van der Waals surface area contributed by atoms with Crippen LogP contribution in [-0.2, 0) is 0 Å². The molecule has 0 aliphatic heterocycles. The van der Waals surface area contributed by atoms with Gasteiger partial charge in [-0.25, -0.2) is 0 Å². The van der Waals surface area contributed by atoms with Gasteiger partial charge in [0, 0.05) is 6.42 Å². The third-order valence-corrected chi connectivity index (χ3v) is 3.70. The predicted molar refractivity (Wildman–Crippen MR) is 55.5 cm³/mol. The second-order valence-corrected chi connectivity index (χ2v) is 4.59. The largest absolute Gasteiger partial charge is 0.293 e. The topological polar surface area (TPSA) is 17.1 Å². The molecule has 0 spiro atoms. The molecule has 0 N–H and O–H groups in total. The van der Waals surface area contributed by atoms with Crippen molar-refractivity contribution in [2.45, 2.75) is 38.5 Å². The van der Waals surface area contributed by atoms with Gasteiger partial charge in [0.05, 0.1) is 4.88 Å². The third kappa shape index (κ3) is 1.55. The number of fused-ring (bicyclic) bond motifs is 1. The summed E-state index contributed by atoms with van der Waals surface area (Å²) < 4.78 is 0. The van der Waals surface area contributed by atoms with Gasteiger partial charge in [0.25, 0.3) is 0 Å². The number of carbonyl (C=O) groups is 1. The van der Waals surface area contributed by atoms with E-state index in [-0.39, 0.29) is 0 Å². The first-order chi connectivity index (χ1) is 6.33. The highest BCUT2D eigenvalue weighted by molar-refractivity contribution is 7.12. The first-order valence-electron chi connectivity index (χ1n) is 4.93. The average molecular weight is 194 g/mol. The van der Waals surface area contributed by atoms with Crippen LogP contribution in [0.15, 0.2) is 11.4 Å². The Kier molecular flexibility index (Phi) is 2.49. The van der Waals surface area contributed by atoms with Gasteiger partial charge in [-0.15, -0.1) is 11.3 Å². The van der Waals surface area contributed by atoms with Crippen LogP contribution in [0.4, 0.5) is 0 Å². The van der Waals surface area contributed by atoms with Crippen molar-refractivity contribution in [3.8, 4) is 0 Å². The molecule has 0 saturated heterocycles. The third-order valence-electron chi connectivity index (χ3n) is 2.73. The number of thiophene rings is 1. The molecule has 0 fully saturated rings. The quantitative estimate of drug-likeness (QED) is 0.718. The zero-order chi connectivity index (χ0) is 9.26. The van der Waals surface area contributed by atoms with Crippen LogP contribution >= 0.6 is 11.3 Å². The Hall–Kier alpha value is -0.630. The van der Waals surface area contributed by atoms with Crippen molar-refractivity contribution in [1.82, 2.24) is 0 Å². The van der Waals surface area contributed by atoms with Crippen LogP contribution in [0, 0.1) is 0 Å². The van der Waals surface area contributed by atoms with Gasteiger partial charge in [0.2, 0.25) is 0 Å². The first-order valence-corrected chi connectivity index (χ1v) is 5.81. The van der Waals surface area contributed by atoms with Crippen LogP contribution in [0.25, 0.3) is 0 Å². The monoisotopic (exact) mass is 194 g/mol. The van der Waals surface area contributed by atoms with Gasteiger partial charge < -0.3 is 0 Å². The van der Waals surface area contributed by atoms with Crippen LogP contribution in [0.3, 0.4) is 0 Å². The SMILES string of the molecule is CCCCC1CC(=O)c2sccc21. The normalized spacial score (nSPS) is 20.7. The fourth-order valence-corrected chi connectivity index (χ4v) is 2.94. The lowest BCUT2D eigenvalue weighted by Gasteiger charge is -2.06. The number of hydrogen-bond acceptors (Lipinski definition) is 2. The second-order valence-electron chi connectivity index (χ2n) is 3.67. The standard InChI is InChI=1S/C11H14OS/c1-2-3-4-8-7-10(12)11-9(8)5-6-13-11/h5-6,8H,2-4,7H2,1H3. The van der Waals surface area contributed by atoms with E-state index in [9.17, 15) is 4.79 Å². The van der Waals surface area contributed by atoms with Crippen molar-refractivity contribution >= 4 is 17.1 Å². The molecule has 1 aromatic heterocycles. The van der Waals surface area contributed by atoms with E-state index in [4.69, 9.17) is 0 Å². The summed E-state index contributed by atoms with van der Waals surface area (Å²) in [6, 6.07) is 2.13. The summed E-state index contributed by atoms with van der Waals surface area (Å²) in [7, 11) is 0. The minimum atomic E-state index is 0.367. The molecule has 0 radical (unpaired) electrons. The van der Waals surface area contributed by atoms with E-state index in [0.29, 0.717) is 11.7 Å². The number of hydrogen-bond donors (Lipinski definition) is 0. The maximum atomic E-state index is 11.5. The molecule has 0 bridgehead atoms. The molecule has 0 amide bonds. The highest BCUT2D eigenvalue weighted by Crippen LogP contribution is 2.39. The van der Waals surface area contributed by atoms with Crippen LogP contribution < -0.4 is 0 Å². The molecule has 70 valence electrons. The summed E-state index contributed by atoms with van der Waals surface area (Å²) in [5.74, 6) is 0.903. The molecule has 2 rings (SSSR count). The van der Waals surface area contributed by atoms with Gasteiger partial charge in [-0.2, -0.15) is 0 Å². The van der Waals surface area contributed by atoms with E-state index in [1.807, 2.05) is 5.38 Å². The van der Waals surface area contributed by atoms with E-state index in [0.717, 1.165) is 11.3 Å². The molecule has 1 atom stereocenters. The second kappa shape index (κ2) is 3.62. The zero-order valence-electron chi connectivity index (χ0n) is 7.88. The molecule has 1 nitrogen and oxygen atoms in total. The minimum absolute atomic E-state index is 0.367. The fourth-order valence-electron chi connectivity index (χ4n) is 2.00. The van der Waals surface area contributed by atoms with E-state index in [1.165, 1.54) is 24.8 Å². The summed E-state index contributed by atoms with van der Waals surface area (Å²) in [6.45, 7) is 2.20. The van der Waals surface area contributed by atoms with Gasteiger partial charge >= 0.3 is 0 Å². The molecule has 1 heterocycles. The summed E-state index contributed by atoms with van der Waals surface area (Å²) in [6.07, 6.45) is 4.42. The van der Waals surface area contributed by atoms with Crippen molar-refractivity contribution in [1.29, 1.82) is 0 Å². The lowest BCUT2D eigenvalue weighted by atomic mass is 9.97. The van der Waals surface area contributed by atoms with Gasteiger partial charge in [-0.3, -0.25) is 4.79 Å². The van der Waals surface area contributed by atoms with Crippen molar-refractivity contribution in [2.75, 3.05) is 0 Å². The summed E-state index contributed by atoms with van der Waals surface area (Å²) in [4.78, 5) is 12.5. The number of rotatable bonds is 3. The minimum Gasteiger partial charge on any atom is -0.293 e. The Balaban J connectivity index is 2.14. The van der Waals surface area contributed by atoms with Crippen LogP contribution in [-0.4, -0.2) is 5.78 Å². The van der Waals surface area contributed by atoms with E-state index in [2.05, 4.69) is 13.0 Å².